The number of phenolic OH excluding ortho intramolecular Hbond substituents is 1. The molecule has 86 valence electrons. The van der Waals surface area contributed by atoms with Crippen molar-refractivity contribution in [3.63, 3.8) is 0 Å². The number of hydrogen-bond acceptors (Lipinski definition) is 2. The van der Waals surface area contributed by atoms with Crippen molar-refractivity contribution in [3.8, 4) is 5.75 Å². The van der Waals surface area contributed by atoms with Crippen LogP contribution in [0.5, 0.6) is 5.75 Å². The maximum absolute atomic E-state index is 9.48. The Morgan fingerprint density at radius 1 is 1.19 bits per heavy atom. The first-order valence-corrected chi connectivity index (χ1v) is 6.37. The first-order chi connectivity index (χ1) is 7.83. The Hall–Kier alpha value is -1.02. The fraction of sp³-hybridized carbons (Fsp3) is 0.571. The van der Waals surface area contributed by atoms with Crippen molar-refractivity contribution in [2.45, 2.75) is 31.6 Å². The molecule has 2 heteroatoms. The van der Waals surface area contributed by atoms with Gasteiger partial charge in [-0.15, -0.1) is 0 Å². The van der Waals surface area contributed by atoms with Crippen LogP contribution in [-0.2, 0) is 6.42 Å². The Morgan fingerprint density at radius 3 is 2.81 bits per heavy atom. The van der Waals surface area contributed by atoms with Crippen LogP contribution in [0.2, 0.25) is 0 Å². The van der Waals surface area contributed by atoms with Gasteiger partial charge in [0, 0.05) is 12.5 Å². The van der Waals surface area contributed by atoms with Crippen LogP contribution in [0.4, 0.5) is 0 Å². The summed E-state index contributed by atoms with van der Waals surface area (Å²) in [5, 5.41) is 9.48. The van der Waals surface area contributed by atoms with Crippen molar-refractivity contribution in [1.82, 2.24) is 4.90 Å². The molecular formula is C14H19NO. The molecule has 0 amide bonds. The molecule has 1 aliphatic heterocycles. The first-order valence-electron chi connectivity index (χ1n) is 6.37. The molecule has 1 saturated heterocycles. The number of fused-ring (bicyclic) bond motifs is 1. The SMILES string of the molecule is Oc1ccc2c(c1)C(CN1CCCCC1)C2. The summed E-state index contributed by atoms with van der Waals surface area (Å²) in [6.07, 6.45) is 5.32. The van der Waals surface area contributed by atoms with Crippen LogP contribution in [0.15, 0.2) is 18.2 Å². The third-order valence-electron chi connectivity index (χ3n) is 3.96. The zero-order chi connectivity index (χ0) is 11.0. The van der Waals surface area contributed by atoms with Gasteiger partial charge < -0.3 is 10.0 Å². The van der Waals surface area contributed by atoms with E-state index in [9.17, 15) is 5.11 Å². The maximum atomic E-state index is 9.48. The normalized spacial score (nSPS) is 24.9. The average Bonchev–Trinajstić information content (AvgIpc) is 2.30. The van der Waals surface area contributed by atoms with Gasteiger partial charge in [-0.05, 0) is 55.6 Å². The lowest BCUT2D eigenvalue weighted by Gasteiger charge is -2.36. The van der Waals surface area contributed by atoms with Gasteiger partial charge >= 0.3 is 0 Å². The summed E-state index contributed by atoms with van der Waals surface area (Å²) >= 11 is 0. The zero-order valence-electron chi connectivity index (χ0n) is 9.65. The van der Waals surface area contributed by atoms with Gasteiger partial charge in [-0.3, -0.25) is 0 Å². The minimum absolute atomic E-state index is 0.419. The summed E-state index contributed by atoms with van der Waals surface area (Å²) in [7, 11) is 0. The molecule has 1 N–H and O–H groups in total. The Labute approximate surface area is 96.9 Å². The topological polar surface area (TPSA) is 23.5 Å². The second kappa shape index (κ2) is 4.10. The maximum Gasteiger partial charge on any atom is 0.115 e. The van der Waals surface area contributed by atoms with Crippen LogP contribution < -0.4 is 0 Å². The lowest BCUT2D eigenvalue weighted by molar-refractivity contribution is 0.209. The van der Waals surface area contributed by atoms with Crippen LogP contribution in [0.3, 0.4) is 0 Å². The van der Waals surface area contributed by atoms with Crippen LogP contribution in [-0.4, -0.2) is 29.6 Å². The quantitative estimate of drug-likeness (QED) is 0.822. The number of likely N-dealkylation sites (tertiary alicyclic amines) is 1. The Balaban J connectivity index is 1.65. The Bertz CT molecular complexity index is 382. The molecule has 3 rings (SSSR count). The zero-order valence-corrected chi connectivity index (χ0v) is 9.65. The second-order valence-electron chi connectivity index (χ2n) is 5.15. The lowest BCUT2D eigenvalue weighted by Crippen LogP contribution is -2.36. The van der Waals surface area contributed by atoms with Crippen LogP contribution >= 0.6 is 0 Å². The Morgan fingerprint density at radius 2 is 2.00 bits per heavy atom. The highest BCUT2D eigenvalue weighted by atomic mass is 16.3. The van der Waals surface area contributed by atoms with Gasteiger partial charge in [0.25, 0.3) is 0 Å². The van der Waals surface area contributed by atoms with E-state index in [1.165, 1.54) is 56.4 Å². The molecule has 0 saturated carbocycles. The van der Waals surface area contributed by atoms with Crippen molar-refractivity contribution in [3.05, 3.63) is 29.3 Å². The van der Waals surface area contributed by atoms with E-state index in [-0.39, 0.29) is 0 Å². The second-order valence-corrected chi connectivity index (χ2v) is 5.15. The van der Waals surface area contributed by atoms with E-state index in [2.05, 4.69) is 11.0 Å². The summed E-state index contributed by atoms with van der Waals surface area (Å²) in [6, 6.07) is 5.82. The molecule has 1 aromatic carbocycles. The van der Waals surface area contributed by atoms with Crippen molar-refractivity contribution in [1.29, 1.82) is 0 Å². The lowest BCUT2D eigenvalue weighted by atomic mass is 9.77. The van der Waals surface area contributed by atoms with E-state index in [1.807, 2.05) is 6.07 Å². The van der Waals surface area contributed by atoms with Crippen LogP contribution in [0, 0.1) is 0 Å². The molecule has 1 heterocycles. The van der Waals surface area contributed by atoms with Crippen molar-refractivity contribution in [2.75, 3.05) is 19.6 Å². The number of rotatable bonds is 2. The smallest absolute Gasteiger partial charge is 0.115 e. The minimum Gasteiger partial charge on any atom is -0.508 e. The van der Waals surface area contributed by atoms with Gasteiger partial charge in [-0.25, -0.2) is 0 Å². The van der Waals surface area contributed by atoms with Gasteiger partial charge in [-0.1, -0.05) is 12.5 Å². The van der Waals surface area contributed by atoms with Crippen LogP contribution in [0.1, 0.15) is 36.3 Å². The van der Waals surface area contributed by atoms with E-state index in [0.717, 1.165) is 0 Å². The van der Waals surface area contributed by atoms with Crippen molar-refractivity contribution in [2.24, 2.45) is 0 Å². The molecule has 1 atom stereocenters. The summed E-state index contributed by atoms with van der Waals surface area (Å²) < 4.78 is 0. The number of piperidine rings is 1. The van der Waals surface area contributed by atoms with E-state index in [1.54, 1.807) is 6.07 Å². The van der Waals surface area contributed by atoms with Crippen molar-refractivity contribution < 1.29 is 5.11 Å². The fourth-order valence-electron chi connectivity index (χ4n) is 3.01. The van der Waals surface area contributed by atoms with Crippen molar-refractivity contribution >= 4 is 0 Å². The van der Waals surface area contributed by atoms with Gasteiger partial charge in [0.05, 0.1) is 0 Å². The highest BCUT2D eigenvalue weighted by Gasteiger charge is 2.28. The summed E-state index contributed by atoms with van der Waals surface area (Å²) in [5.41, 5.74) is 2.81. The van der Waals surface area contributed by atoms with E-state index in [0.29, 0.717) is 11.7 Å². The highest BCUT2D eigenvalue weighted by molar-refractivity contribution is 5.44. The van der Waals surface area contributed by atoms with Gasteiger partial charge in [0.2, 0.25) is 0 Å². The molecule has 1 unspecified atom stereocenters. The van der Waals surface area contributed by atoms with Gasteiger partial charge in [0.15, 0.2) is 0 Å². The van der Waals surface area contributed by atoms with Gasteiger partial charge in [0.1, 0.15) is 5.75 Å². The van der Waals surface area contributed by atoms with E-state index in [4.69, 9.17) is 0 Å². The number of phenols is 1. The third kappa shape index (κ3) is 1.82. The molecule has 1 aliphatic carbocycles. The highest BCUT2D eigenvalue weighted by Crippen LogP contribution is 2.37. The number of aromatic hydroxyl groups is 1. The average molecular weight is 217 g/mol. The predicted molar refractivity (Wildman–Crippen MR) is 64.8 cm³/mol. The summed E-state index contributed by atoms with van der Waals surface area (Å²) in [5.74, 6) is 1.09. The molecular weight excluding hydrogens is 198 g/mol. The minimum atomic E-state index is 0.419. The standard InChI is InChI=1S/C14H19NO/c16-13-5-4-11-8-12(14(11)9-13)10-15-6-2-1-3-7-15/h4-5,9,12,16H,1-3,6-8,10H2. The van der Waals surface area contributed by atoms with Gasteiger partial charge in [-0.2, -0.15) is 0 Å². The number of hydrogen-bond donors (Lipinski definition) is 1. The summed E-state index contributed by atoms with van der Waals surface area (Å²) in [6.45, 7) is 3.73. The molecule has 16 heavy (non-hydrogen) atoms. The van der Waals surface area contributed by atoms with E-state index < -0.39 is 0 Å². The molecule has 0 aromatic heterocycles. The number of benzene rings is 1. The molecule has 0 radical (unpaired) electrons. The monoisotopic (exact) mass is 217 g/mol. The third-order valence-corrected chi connectivity index (χ3v) is 3.96. The largest absolute Gasteiger partial charge is 0.508 e. The first kappa shape index (κ1) is 10.2. The molecule has 2 aliphatic rings. The molecule has 0 bridgehead atoms. The number of nitrogens with zero attached hydrogens (tertiary/aromatic N) is 1. The molecule has 0 spiro atoms. The Kier molecular flexibility index (Phi) is 2.60. The predicted octanol–water partition coefficient (Wildman–Crippen LogP) is 2.52. The molecule has 1 aromatic rings. The fourth-order valence-corrected chi connectivity index (χ4v) is 3.01. The molecule has 1 fully saturated rings. The summed E-state index contributed by atoms with van der Waals surface area (Å²) in [4.78, 5) is 2.58. The van der Waals surface area contributed by atoms with E-state index >= 15 is 0 Å². The van der Waals surface area contributed by atoms with Crippen LogP contribution in [0.25, 0.3) is 0 Å². The molecule has 2 nitrogen and oxygen atoms in total.